The molecular weight excluding hydrogens is 853 g/mol. The molecule has 0 amide bonds. The lowest BCUT2D eigenvalue weighted by molar-refractivity contribution is -0.118. The first-order chi connectivity index (χ1) is 29.3. The van der Waals surface area contributed by atoms with E-state index >= 15 is 0 Å². The van der Waals surface area contributed by atoms with Crippen molar-refractivity contribution in [3.8, 4) is 11.8 Å². The lowest BCUT2D eigenvalue weighted by Gasteiger charge is -2.20. The topological polar surface area (TPSA) is 229 Å². The predicted octanol–water partition coefficient (Wildman–Crippen LogP) is 5.23. The van der Waals surface area contributed by atoms with Crippen LogP contribution in [-0.4, -0.2) is 117 Å². The zero-order chi connectivity index (χ0) is 45.9. The first-order valence-corrected chi connectivity index (χ1v) is 22.8. The molecule has 0 N–H and O–H groups in total. The van der Waals surface area contributed by atoms with Gasteiger partial charge in [-0.15, -0.1) is 0 Å². The largest absolute Gasteiger partial charge is 0.508 e. The number of carbonyl (C=O) groups excluding carboxylic acids is 3. The van der Waals surface area contributed by atoms with Crippen LogP contribution in [0.1, 0.15) is 87.2 Å². The highest BCUT2D eigenvalue weighted by Crippen LogP contribution is 2.30. The third-order valence-corrected chi connectivity index (χ3v) is 13.3. The number of ketones is 2. The zero-order valence-corrected chi connectivity index (χ0v) is 37.9. The quantitative estimate of drug-likeness (QED) is 0.0498. The van der Waals surface area contributed by atoms with Gasteiger partial charge in [0.05, 0.1) is 22.2 Å². The summed E-state index contributed by atoms with van der Waals surface area (Å²) in [6.07, 6.45) is -1.87. The van der Waals surface area contributed by atoms with E-state index in [1.54, 1.807) is 41.5 Å². The van der Waals surface area contributed by atoms with Crippen molar-refractivity contribution in [1.29, 1.82) is 0 Å². The summed E-state index contributed by atoms with van der Waals surface area (Å²) in [5, 5.41) is 8.47. The second-order valence-corrected chi connectivity index (χ2v) is 18.2. The summed E-state index contributed by atoms with van der Waals surface area (Å²) >= 11 is 0. The van der Waals surface area contributed by atoms with Crippen LogP contribution in [0.3, 0.4) is 0 Å². The van der Waals surface area contributed by atoms with Crippen molar-refractivity contribution in [2.24, 2.45) is 0 Å². The van der Waals surface area contributed by atoms with Gasteiger partial charge in [0.15, 0.2) is 23.5 Å². The Balaban J connectivity index is 1.41. The summed E-state index contributed by atoms with van der Waals surface area (Å²) in [6.45, 7) is 12.4. The summed E-state index contributed by atoms with van der Waals surface area (Å²) in [4.78, 5) is 40.1. The van der Waals surface area contributed by atoms with E-state index in [9.17, 15) is 31.2 Å². The van der Waals surface area contributed by atoms with E-state index in [0.717, 1.165) is 0 Å². The highest BCUT2D eigenvalue weighted by molar-refractivity contribution is 7.92. The van der Waals surface area contributed by atoms with Crippen LogP contribution >= 0.6 is 0 Å². The van der Waals surface area contributed by atoms with E-state index in [1.807, 2.05) is 0 Å². The number of benzene rings is 2. The molecule has 0 fully saturated rings. The summed E-state index contributed by atoms with van der Waals surface area (Å²) in [5.74, 6) is -1.30. The van der Waals surface area contributed by atoms with E-state index in [2.05, 4.69) is 10.2 Å². The van der Waals surface area contributed by atoms with Crippen molar-refractivity contribution in [2.75, 3.05) is 27.4 Å². The molecule has 0 radical (unpaired) electrons. The van der Waals surface area contributed by atoms with Crippen molar-refractivity contribution in [1.82, 2.24) is 19.6 Å². The monoisotopic (exact) mass is 906 g/mol. The summed E-state index contributed by atoms with van der Waals surface area (Å²) in [5.41, 5.74) is -2.97. The molecule has 19 nitrogen and oxygen atoms in total. The number of aryl methyl sites for hydroxylation is 2. The fourth-order valence-corrected chi connectivity index (χ4v) is 8.66. The second-order valence-electron chi connectivity index (χ2n) is 13.8. The van der Waals surface area contributed by atoms with E-state index in [1.165, 1.54) is 98.4 Å². The SMILES string of the molecule is CCn1ncc(C(=O)c2ccccc2S(=O)(=O)C(C)OC(C)OC)c1OC(C)COC(=O)OCC(C)Oc1c(C(=O)c2ccccc2S(=O)(=O)C(C)OC(C)OC)cnn1CC. The normalized spacial score (nSPS) is 14.9. The zero-order valence-electron chi connectivity index (χ0n) is 36.3. The molecule has 0 saturated carbocycles. The molecule has 6 unspecified atom stereocenters. The maximum atomic E-state index is 13.9. The minimum atomic E-state index is -4.16. The Bertz CT molecular complexity index is 2230. The Hall–Kier alpha value is -5.19. The molecule has 0 aliphatic carbocycles. The molecule has 2 aromatic heterocycles. The van der Waals surface area contributed by atoms with Gasteiger partial charge < -0.3 is 37.9 Å². The van der Waals surface area contributed by atoms with Crippen molar-refractivity contribution < 1.29 is 69.1 Å². The van der Waals surface area contributed by atoms with Crippen molar-refractivity contribution in [3.63, 3.8) is 0 Å². The van der Waals surface area contributed by atoms with Gasteiger partial charge in [-0.1, -0.05) is 24.3 Å². The minimum Gasteiger partial charge on any atom is -0.471 e. The minimum absolute atomic E-state index is 0.0233. The highest BCUT2D eigenvalue weighted by Gasteiger charge is 2.34. The van der Waals surface area contributed by atoms with Gasteiger partial charge in [-0.2, -0.15) is 10.2 Å². The van der Waals surface area contributed by atoms with Gasteiger partial charge in [-0.25, -0.2) is 31.0 Å². The molecule has 0 bridgehead atoms. The van der Waals surface area contributed by atoms with Gasteiger partial charge in [-0.3, -0.25) is 9.59 Å². The van der Waals surface area contributed by atoms with E-state index in [4.69, 9.17) is 37.9 Å². The first kappa shape index (κ1) is 49.5. The molecule has 0 aliphatic heterocycles. The van der Waals surface area contributed by atoms with Gasteiger partial charge in [0.25, 0.3) is 0 Å². The van der Waals surface area contributed by atoms with Crippen LogP contribution in [0.2, 0.25) is 0 Å². The lowest BCUT2D eigenvalue weighted by atomic mass is 10.1. The van der Waals surface area contributed by atoms with Crippen LogP contribution in [0.4, 0.5) is 4.79 Å². The molecule has 0 spiro atoms. The number of methoxy groups -OCH3 is 2. The van der Waals surface area contributed by atoms with Gasteiger partial charge in [0, 0.05) is 38.4 Å². The van der Waals surface area contributed by atoms with Gasteiger partial charge in [-0.05, 0) is 79.7 Å². The molecule has 0 aliphatic rings. The smallest absolute Gasteiger partial charge is 0.471 e. The number of carbonyl (C=O) groups is 3. The van der Waals surface area contributed by atoms with E-state index < -0.39 is 73.1 Å². The van der Waals surface area contributed by atoms with Crippen LogP contribution in [0.5, 0.6) is 11.8 Å². The van der Waals surface area contributed by atoms with Crippen molar-refractivity contribution in [2.45, 2.75) is 114 Å². The second kappa shape index (κ2) is 21.7. The number of nitrogens with zero attached hydrogens (tertiary/aromatic N) is 4. The number of aromatic nitrogens is 4. The molecular formula is C41H54N4O15S2. The Kier molecular flexibility index (Phi) is 17.3. The predicted molar refractivity (Wildman–Crippen MR) is 221 cm³/mol. The average Bonchev–Trinajstić information content (AvgIpc) is 3.87. The Morgan fingerprint density at radius 1 is 0.581 bits per heavy atom. The molecule has 6 atom stereocenters. The van der Waals surface area contributed by atoms with Crippen LogP contribution < -0.4 is 9.47 Å². The third-order valence-electron chi connectivity index (χ3n) is 9.35. The first-order valence-electron chi connectivity index (χ1n) is 19.7. The molecule has 340 valence electrons. The number of sulfone groups is 2. The van der Waals surface area contributed by atoms with Gasteiger partial charge >= 0.3 is 6.16 Å². The van der Waals surface area contributed by atoms with Crippen LogP contribution in [0.15, 0.2) is 70.7 Å². The lowest BCUT2D eigenvalue weighted by Crippen LogP contribution is -2.28. The maximum Gasteiger partial charge on any atom is 0.508 e. The van der Waals surface area contributed by atoms with E-state index in [0.29, 0.717) is 0 Å². The molecule has 21 heteroatoms. The molecule has 0 saturated heterocycles. The number of rotatable bonds is 24. The molecule has 4 rings (SSSR count). The van der Waals surface area contributed by atoms with Crippen LogP contribution in [0.25, 0.3) is 0 Å². The standard InChI is InChI=1S/C41H54N4O15S2/c1-11-44-39(33(21-42-44)37(46)31-17-13-15-19-35(31)61(49,50)29(7)59-27(5)53-9)57-25(3)23-55-41(48)56-24-26(4)58-40-34(22-43-45(40)12-2)38(47)32-18-14-16-20-36(32)62(51,52)30(8)60-28(6)54-10/h13-22,25-30H,11-12,23-24H2,1-10H3. The summed E-state index contributed by atoms with van der Waals surface area (Å²) in [6, 6.07) is 11.4. The average molecular weight is 907 g/mol. The molecule has 4 aromatic rings. The van der Waals surface area contributed by atoms with Gasteiger partial charge in [0.2, 0.25) is 43.0 Å². The maximum absolute atomic E-state index is 13.9. The molecule has 2 aromatic carbocycles. The molecule has 2 heterocycles. The Morgan fingerprint density at radius 3 is 1.27 bits per heavy atom. The Labute approximate surface area is 361 Å². The van der Waals surface area contributed by atoms with Gasteiger partial charge in [0.1, 0.15) is 36.5 Å². The number of hydrogen-bond acceptors (Lipinski definition) is 17. The summed E-state index contributed by atoms with van der Waals surface area (Å²) in [7, 11) is -5.57. The highest BCUT2D eigenvalue weighted by atomic mass is 32.2. The fraction of sp³-hybridized carbons (Fsp3) is 0.488. The van der Waals surface area contributed by atoms with Crippen LogP contribution in [0, 0.1) is 0 Å². The van der Waals surface area contributed by atoms with Crippen molar-refractivity contribution in [3.05, 3.63) is 83.2 Å². The fourth-order valence-electron chi connectivity index (χ4n) is 5.87. The van der Waals surface area contributed by atoms with Crippen molar-refractivity contribution >= 4 is 37.4 Å². The van der Waals surface area contributed by atoms with E-state index in [-0.39, 0.29) is 70.1 Å². The number of ether oxygens (including phenoxy) is 8. The molecule has 62 heavy (non-hydrogen) atoms. The summed E-state index contributed by atoms with van der Waals surface area (Å²) < 4.78 is 100. The third kappa shape index (κ3) is 11.6. The number of hydrogen-bond donors (Lipinski definition) is 0. The Morgan fingerprint density at radius 2 is 0.935 bits per heavy atom. The van der Waals surface area contributed by atoms with Crippen LogP contribution in [-0.2, 0) is 61.2 Å².